The maximum Gasteiger partial charge on any atom is 0.261 e. The molecule has 6 heteroatoms. The standard InChI is InChI=1S/C20H33N3O2S/c1-15-5-9-22(10-6-15)13-18(24)14-23-11-7-17(8-12-23)21-20(25)19-4-3-16(2)26-19/h3-4,15,17-18,24H,5-14H2,1-2H3,(H,21,25). The number of amides is 1. The number of hydrogen-bond donors (Lipinski definition) is 2. The van der Waals surface area contributed by atoms with E-state index in [9.17, 15) is 9.90 Å². The molecule has 0 aliphatic carbocycles. The minimum absolute atomic E-state index is 0.0564. The van der Waals surface area contributed by atoms with Crippen molar-refractivity contribution in [3.8, 4) is 0 Å². The first-order valence-corrected chi connectivity index (χ1v) is 10.8. The molecule has 1 amide bonds. The van der Waals surface area contributed by atoms with Crippen LogP contribution in [0.1, 0.15) is 47.2 Å². The van der Waals surface area contributed by atoms with Crippen LogP contribution < -0.4 is 5.32 Å². The molecule has 5 nitrogen and oxygen atoms in total. The van der Waals surface area contributed by atoms with Crippen LogP contribution in [0.4, 0.5) is 0 Å². The molecular formula is C20H33N3O2S. The first kappa shape index (κ1) is 19.8. The molecule has 3 heterocycles. The lowest BCUT2D eigenvalue weighted by molar-refractivity contribution is 0.0520. The number of nitrogens with one attached hydrogen (secondary N) is 1. The van der Waals surface area contributed by atoms with Gasteiger partial charge >= 0.3 is 0 Å². The molecule has 0 saturated carbocycles. The van der Waals surface area contributed by atoms with Crippen LogP contribution in [0.3, 0.4) is 0 Å². The Kier molecular flexibility index (Phi) is 7.09. The molecule has 26 heavy (non-hydrogen) atoms. The van der Waals surface area contributed by atoms with Crippen molar-refractivity contribution in [3.05, 3.63) is 21.9 Å². The number of aliphatic hydroxyl groups excluding tert-OH is 1. The third-order valence-electron chi connectivity index (χ3n) is 5.70. The number of hydrogen-bond acceptors (Lipinski definition) is 5. The molecule has 146 valence electrons. The van der Waals surface area contributed by atoms with Crippen LogP contribution in [0.2, 0.25) is 0 Å². The van der Waals surface area contributed by atoms with E-state index in [1.807, 2.05) is 19.1 Å². The van der Waals surface area contributed by atoms with E-state index in [2.05, 4.69) is 22.0 Å². The van der Waals surface area contributed by atoms with Gasteiger partial charge in [-0.25, -0.2) is 0 Å². The second-order valence-electron chi connectivity index (χ2n) is 8.10. The number of carbonyl (C=O) groups excluding carboxylic acids is 1. The molecule has 2 N–H and O–H groups in total. The summed E-state index contributed by atoms with van der Waals surface area (Å²) in [6.45, 7) is 10.0. The number of aliphatic hydroxyl groups is 1. The molecule has 0 bridgehead atoms. The van der Waals surface area contributed by atoms with Gasteiger partial charge < -0.3 is 20.2 Å². The van der Waals surface area contributed by atoms with Crippen molar-refractivity contribution in [3.63, 3.8) is 0 Å². The average Bonchev–Trinajstić information content (AvgIpc) is 3.05. The summed E-state index contributed by atoms with van der Waals surface area (Å²) in [6, 6.07) is 4.15. The van der Waals surface area contributed by atoms with Crippen LogP contribution in [-0.2, 0) is 0 Å². The van der Waals surface area contributed by atoms with Crippen molar-refractivity contribution in [2.75, 3.05) is 39.3 Å². The molecule has 1 atom stereocenters. The first-order valence-electron chi connectivity index (χ1n) is 9.99. The van der Waals surface area contributed by atoms with E-state index in [4.69, 9.17) is 0 Å². The smallest absolute Gasteiger partial charge is 0.261 e. The van der Waals surface area contributed by atoms with Crippen molar-refractivity contribution >= 4 is 17.2 Å². The number of rotatable bonds is 6. The van der Waals surface area contributed by atoms with Crippen LogP contribution in [0.5, 0.6) is 0 Å². The predicted molar refractivity (Wildman–Crippen MR) is 107 cm³/mol. The Hall–Kier alpha value is -0.950. The van der Waals surface area contributed by atoms with Gasteiger partial charge in [0.15, 0.2) is 0 Å². The molecule has 3 rings (SSSR count). The molecule has 2 aliphatic rings. The fourth-order valence-corrected chi connectivity index (χ4v) is 4.74. The van der Waals surface area contributed by atoms with E-state index in [0.717, 1.165) is 62.9 Å². The number of aryl methyl sites for hydroxylation is 1. The summed E-state index contributed by atoms with van der Waals surface area (Å²) in [5, 5.41) is 13.6. The van der Waals surface area contributed by atoms with Gasteiger partial charge in [0.1, 0.15) is 0 Å². The van der Waals surface area contributed by atoms with Crippen molar-refractivity contribution in [2.45, 2.75) is 51.7 Å². The summed E-state index contributed by atoms with van der Waals surface area (Å²) in [6.07, 6.45) is 4.15. The molecule has 1 aromatic rings. The second-order valence-corrected chi connectivity index (χ2v) is 9.38. The lowest BCUT2D eigenvalue weighted by Gasteiger charge is -2.36. The van der Waals surface area contributed by atoms with E-state index < -0.39 is 0 Å². The molecule has 0 aromatic carbocycles. The number of likely N-dealkylation sites (tertiary alicyclic amines) is 2. The van der Waals surface area contributed by atoms with Crippen LogP contribution >= 0.6 is 11.3 Å². The van der Waals surface area contributed by atoms with Crippen LogP contribution in [0, 0.1) is 12.8 Å². The average molecular weight is 380 g/mol. The quantitative estimate of drug-likeness (QED) is 0.797. The Morgan fingerprint density at radius 3 is 2.27 bits per heavy atom. The highest BCUT2D eigenvalue weighted by atomic mass is 32.1. The molecule has 1 aromatic heterocycles. The molecule has 2 fully saturated rings. The van der Waals surface area contributed by atoms with Crippen molar-refractivity contribution in [1.82, 2.24) is 15.1 Å². The lowest BCUT2D eigenvalue weighted by atomic mass is 9.99. The zero-order valence-corrected chi connectivity index (χ0v) is 16.9. The van der Waals surface area contributed by atoms with Gasteiger partial charge in [-0.05, 0) is 63.7 Å². The molecular weight excluding hydrogens is 346 g/mol. The topological polar surface area (TPSA) is 55.8 Å². The third kappa shape index (κ3) is 5.78. The highest BCUT2D eigenvalue weighted by molar-refractivity contribution is 7.13. The van der Waals surface area contributed by atoms with E-state index in [1.165, 1.54) is 17.7 Å². The minimum atomic E-state index is -0.274. The normalized spacial score (nSPS) is 22.4. The Labute approximate surface area is 161 Å². The second kappa shape index (κ2) is 9.31. The largest absolute Gasteiger partial charge is 0.390 e. The Morgan fingerprint density at radius 2 is 1.73 bits per heavy atom. The summed E-state index contributed by atoms with van der Waals surface area (Å²) in [5.74, 6) is 0.886. The maximum absolute atomic E-state index is 12.3. The summed E-state index contributed by atoms with van der Waals surface area (Å²) >= 11 is 1.55. The maximum atomic E-state index is 12.3. The molecule has 0 radical (unpaired) electrons. The van der Waals surface area contributed by atoms with Gasteiger partial charge in [0, 0.05) is 37.1 Å². The fourth-order valence-electron chi connectivity index (χ4n) is 3.97. The minimum Gasteiger partial charge on any atom is -0.390 e. The van der Waals surface area contributed by atoms with Crippen LogP contribution in [0.25, 0.3) is 0 Å². The monoisotopic (exact) mass is 379 g/mol. The van der Waals surface area contributed by atoms with Gasteiger partial charge in [0.05, 0.1) is 11.0 Å². The Bertz CT molecular complexity index is 575. The Balaban J connectivity index is 1.35. The van der Waals surface area contributed by atoms with E-state index in [0.29, 0.717) is 0 Å². The number of piperidine rings is 2. The predicted octanol–water partition coefficient (Wildman–Crippen LogP) is 2.34. The molecule has 2 saturated heterocycles. The summed E-state index contributed by atoms with van der Waals surface area (Å²) < 4.78 is 0. The van der Waals surface area contributed by atoms with Crippen LogP contribution in [-0.4, -0.2) is 72.2 Å². The number of β-amino-alcohol motifs (C(OH)–C–C–N with tert-alkyl or cyclic N) is 1. The zero-order valence-electron chi connectivity index (χ0n) is 16.1. The summed E-state index contributed by atoms with van der Waals surface area (Å²) in [4.78, 5) is 19.0. The van der Waals surface area contributed by atoms with Gasteiger partial charge in [0.2, 0.25) is 0 Å². The van der Waals surface area contributed by atoms with Crippen molar-refractivity contribution < 1.29 is 9.90 Å². The zero-order chi connectivity index (χ0) is 18.5. The third-order valence-corrected chi connectivity index (χ3v) is 6.70. The van der Waals surface area contributed by atoms with Gasteiger partial charge in [0.25, 0.3) is 5.91 Å². The number of nitrogens with zero attached hydrogens (tertiary/aromatic N) is 2. The summed E-state index contributed by atoms with van der Waals surface area (Å²) in [7, 11) is 0. The Morgan fingerprint density at radius 1 is 1.15 bits per heavy atom. The van der Waals surface area contributed by atoms with Crippen LogP contribution in [0.15, 0.2) is 12.1 Å². The van der Waals surface area contributed by atoms with E-state index >= 15 is 0 Å². The highest BCUT2D eigenvalue weighted by Crippen LogP contribution is 2.18. The van der Waals surface area contributed by atoms with Gasteiger partial charge in [-0.15, -0.1) is 11.3 Å². The molecule has 1 unspecified atom stereocenters. The van der Waals surface area contributed by atoms with Gasteiger partial charge in [-0.1, -0.05) is 6.92 Å². The molecule has 0 spiro atoms. The number of carbonyl (C=O) groups is 1. The highest BCUT2D eigenvalue weighted by Gasteiger charge is 2.24. The van der Waals surface area contributed by atoms with Gasteiger partial charge in [-0.3, -0.25) is 4.79 Å². The first-order chi connectivity index (χ1) is 12.5. The van der Waals surface area contributed by atoms with Gasteiger partial charge in [-0.2, -0.15) is 0 Å². The SMILES string of the molecule is Cc1ccc(C(=O)NC2CCN(CC(O)CN3CCC(C)CC3)CC2)s1. The lowest BCUT2D eigenvalue weighted by Crippen LogP contribution is -2.48. The molecule has 2 aliphatic heterocycles. The number of thiophene rings is 1. The van der Waals surface area contributed by atoms with E-state index in [1.54, 1.807) is 11.3 Å². The van der Waals surface area contributed by atoms with E-state index in [-0.39, 0.29) is 18.1 Å². The van der Waals surface area contributed by atoms with Crippen molar-refractivity contribution in [2.24, 2.45) is 5.92 Å². The summed E-state index contributed by atoms with van der Waals surface area (Å²) in [5.41, 5.74) is 0. The van der Waals surface area contributed by atoms with Crippen molar-refractivity contribution in [1.29, 1.82) is 0 Å². The fraction of sp³-hybridized carbons (Fsp3) is 0.750.